The topological polar surface area (TPSA) is 35.5 Å². The van der Waals surface area contributed by atoms with Crippen molar-refractivity contribution in [3.8, 4) is 5.75 Å². The fourth-order valence-electron chi connectivity index (χ4n) is 2.36. The summed E-state index contributed by atoms with van der Waals surface area (Å²) in [6, 6.07) is 5.85. The van der Waals surface area contributed by atoms with Crippen LogP contribution < -0.4 is 5.32 Å². The molecule has 0 aliphatic heterocycles. The van der Waals surface area contributed by atoms with Gasteiger partial charge >= 0.3 is 0 Å². The van der Waals surface area contributed by atoms with Gasteiger partial charge in [-0.1, -0.05) is 32.9 Å². The van der Waals surface area contributed by atoms with E-state index in [1.807, 2.05) is 6.07 Å². The van der Waals surface area contributed by atoms with E-state index < -0.39 is 0 Å². The van der Waals surface area contributed by atoms with Crippen LogP contribution in [0, 0.1) is 0 Å². The first-order valence-corrected chi connectivity index (χ1v) is 8.36. The highest BCUT2D eigenvalue weighted by Crippen LogP contribution is 2.19. The van der Waals surface area contributed by atoms with Crippen LogP contribution in [0.3, 0.4) is 0 Å². The van der Waals surface area contributed by atoms with Crippen molar-refractivity contribution in [1.82, 2.24) is 10.2 Å². The Morgan fingerprint density at radius 3 is 2.43 bits per heavy atom. The van der Waals surface area contributed by atoms with Gasteiger partial charge in [0.05, 0.1) is 0 Å². The Morgan fingerprint density at radius 1 is 1.19 bits per heavy atom. The Balaban J connectivity index is 2.46. The molecule has 2 N–H and O–H groups in total. The molecule has 0 unspecified atom stereocenters. The van der Waals surface area contributed by atoms with Gasteiger partial charge in [0, 0.05) is 19.6 Å². The zero-order valence-electron chi connectivity index (χ0n) is 13.5. The first kappa shape index (κ1) is 17.8. The van der Waals surface area contributed by atoms with E-state index in [-0.39, 0.29) is 0 Å². The summed E-state index contributed by atoms with van der Waals surface area (Å²) in [7, 11) is 0. The lowest BCUT2D eigenvalue weighted by Crippen LogP contribution is -2.41. The Bertz CT molecular complexity index is 442. The number of aromatic hydroxyl groups is 1. The van der Waals surface area contributed by atoms with Gasteiger partial charge in [-0.25, -0.2) is 0 Å². The summed E-state index contributed by atoms with van der Waals surface area (Å²) < 4.78 is 0. The molecule has 0 heterocycles. The van der Waals surface area contributed by atoms with Crippen molar-refractivity contribution in [3.63, 3.8) is 0 Å². The highest BCUT2D eigenvalue weighted by atomic mass is 32.1. The number of hydrogen-bond acceptors (Lipinski definition) is 2. The molecule has 0 atom stereocenters. The largest absolute Gasteiger partial charge is 0.508 e. The van der Waals surface area contributed by atoms with E-state index >= 15 is 0 Å². The molecule has 118 valence electrons. The second kappa shape index (κ2) is 9.61. The molecule has 1 aromatic carbocycles. The third kappa shape index (κ3) is 5.92. The molecule has 0 amide bonds. The molecule has 1 aromatic rings. The molecule has 0 radical (unpaired) electrons. The lowest BCUT2D eigenvalue weighted by Gasteiger charge is -2.25. The second-order valence-corrected chi connectivity index (χ2v) is 5.67. The van der Waals surface area contributed by atoms with Crippen molar-refractivity contribution in [2.24, 2.45) is 0 Å². The lowest BCUT2D eigenvalue weighted by molar-refractivity contribution is 0.410. The van der Waals surface area contributed by atoms with Gasteiger partial charge in [0.15, 0.2) is 5.11 Å². The summed E-state index contributed by atoms with van der Waals surface area (Å²) in [5.41, 5.74) is 2.24. The van der Waals surface area contributed by atoms with E-state index in [9.17, 15) is 5.11 Å². The number of thiocarbonyl (C=S) groups is 1. The van der Waals surface area contributed by atoms with Gasteiger partial charge in [0.1, 0.15) is 5.75 Å². The predicted octanol–water partition coefficient (Wildman–Crippen LogP) is 3.49. The minimum atomic E-state index is 0.391. The number of rotatable bonds is 8. The van der Waals surface area contributed by atoms with E-state index in [1.165, 1.54) is 5.56 Å². The lowest BCUT2D eigenvalue weighted by atomic mass is 10.1. The molecule has 3 nitrogen and oxygen atoms in total. The van der Waals surface area contributed by atoms with Crippen molar-refractivity contribution in [2.45, 2.75) is 46.5 Å². The summed E-state index contributed by atoms with van der Waals surface area (Å²) in [5.74, 6) is 0.391. The number of hydrogen-bond donors (Lipinski definition) is 2. The normalized spacial score (nSPS) is 10.4. The maximum absolute atomic E-state index is 9.70. The number of phenols is 1. The number of benzene rings is 1. The van der Waals surface area contributed by atoms with E-state index in [4.69, 9.17) is 12.2 Å². The molecule has 0 saturated heterocycles. The van der Waals surface area contributed by atoms with Crippen LogP contribution in [0.1, 0.15) is 44.7 Å². The van der Waals surface area contributed by atoms with Gasteiger partial charge in [-0.15, -0.1) is 0 Å². The molecule has 0 bridgehead atoms. The number of nitrogens with zero attached hydrogens (tertiary/aromatic N) is 1. The van der Waals surface area contributed by atoms with Crippen LogP contribution in [0.5, 0.6) is 5.75 Å². The van der Waals surface area contributed by atoms with Crippen molar-refractivity contribution in [1.29, 1.82) is 0 Å². The summed E-state index contributed by atoms with van der Waals surface area (Å²) in [6.45, 7) is 9.26. The average Bonchev–Trinajstić information content (AvgIpc) is 2.48. The Labute approximate surface area is 134 Å². The van der Waals surface area contributed by atoms with Crippen LogP contribution in [0.15, 0.2) is 18.2 Å². The molecule has 0 fully saturated rings. The van der Waals surface area contributed by atoms with Crippen LogP contribution in [0.2, 0.25) is 0 Å². The fourth-order valence-corrected chi connectivity index (χ4v) is 2.64. The molecule has 0 saturated carbocycles. The third-order valence-corrected chi connectivity index (χ3v) is 3.89. The monoisotopic (exact) mass is 308 g/mol. The Kier molecular flexibility index (Phi) is 8.13. The average molecular weight is 308 g/mol. The highest BCUT2D eigenvalue weighted by molar-refractivity contribution is 7.80. The van der Waals surface area contributed by atoms with Crippen molar-refractivity contribution in [3.05, 3.63) is 29.3 Å². The molecule has 0 aliphatic carbocycles. The number of aryl methyl sites for hydroxylation is 1. The fraction of sp³-hybridized carbons (Fsp3) is 0.588. The quantitative estimate of drug-likeness (QED) is 0.721. The minimum absolute atomic E-state index is 0.391. The van der Waals surface area contributed by atoms with Crippen molar-refractivity contribution in [2.75, 3.05) is 19.6 Å². The predicted molar refractivity (Wildman–Crippen MR) is 93.9 cm³/mol. The van der Waals surface area contributed by atoms with E-state index in [1.54, 1.807) is 6.07 Å². The first-order chi connectivity index (χ1) is 10.1. The van der Waals surface area contributed by atoms with E-state index in [2.05, 4.69) is 37.1 Å². The molecule has 21 heavy (non-hydrogen) atoms. The Morgan fingerprint density at radius 2 is 1.86 bits per heavy atom. The van der Waals surface area contributed by atoms with Gasteiger partial charge < -0.3 is 15.3 Å². The molecular weight excluding hydrogens is 280 g/mol. The molecule has 4 heteroatoms. The van der Waals surface area contributed by atoms with Crippen LogP contribution in [-0.4, -0.2) is 34.8 Å². The maximum atomic E-state index is 9.70. The van der Waals surface area contributed by atoms with Gasteiger partial charge in [-0.05, 0) is 55.1 Å². The van der Waals surface area contributed by atoms with Gasteiger partial charge in [-0.2, -0.15) is 0 Å². The zero-order chi connectivity index (χ0) is 15.7. The molecule has 0 aromatic heterocycles. The molecule has 0 spiro atoms. The smallest absolute Gasteiger partial charge is 0.168 e. The van der Waals surface area contributed by atoms with E-state index in [0.717, 1.165) is 56.0 Å². The van der Waals surface area contributed by atoms with Gasteiger partial charge in [0.25, 0.3) is 0 Å². The zero-order valence-corrected chi connectivity index (χ0v) is 14.3. The molecular formula is C17H28N2OS. The van der Waals surface area contributed by atoms with Crippen LogP contribution in [0.4, 0.5) is 0 Å². The highest BCUT2D eigenvalue weighted by Gasteiger charge is 2.07. The molecule has 0 aliphatic rings. The summed E-state index contributed by atoms with van der Waals surface area (Å²) in [5, 5.41) is 13.9. The Hall–Kier alpha value is -1.29. The summed E-state index contributed by atoms with van der Waals surface area (Å²) in [4.78, 5) is 2.24. The van der Waals surface area contributed by atoms with Gasteiger partial charge in [-0.3, -0.25) is 0 Å². The summed E-state index contributed by atoms with van der Waals surface area (Å²) in [6.07, 6.45) is 3.99. The van der Waals surface area contributed by atoms with Crippen molar-refractivity contribution >= 4 is 17.3 Å². The van der Waals surface area contributed by atoms with Crippen LogP contribution in [-0.2, 0) is 12.8 Å². The van der Waals surface area contributed by atoms with Gasteiger partial charge in [0.2, 0.25) is 0 Å². The minimum Gasteiger partial charge on any atom is -0.508 e. The van der Waals surface area contributed by atoms with Crippen LogP contribution >= 0.6 is 12.2 Å². The maximum Gasteiger partial charge on any atom is 0.168 e. The number of phenolic OH excluding ortho intramolecular Hbond substituents is 1. The third-order valence-electron chi connectivity index (χ3n) is 3.49. The first-order valence-electron chi connectivity index (χ1n) is 7.95. The number of nitrogens with one attached hydrogen (secondary N) is 1. The van der Waals surface area contributed by atoms with Crippen molar-refractivity contribution < 1.29 is 5.11 Å². The van der Waals surface area contributed by atoms with Crippen LogP contribution in [0.25, 0.3) is 0 Å². The summed E-state index contributed by atoms with van der Waals surface area (Å²) >= 11 is 5.47. The molecule has 1 rings (SSSR count). The van der Waals surface area contributed by atoms with E-state index in [0.29, 0.717) is 5.75 Å². The second-order valence-electron chi connectivity index (χ2n) is 5.29. The standard InChI is InChI=1S/C17H28N2OS/c1-4-11-19(12-5-2)17(21)18-10-9-14-7-8-16(20)15(6-3)13-14/h7-8,13,20H,4-6,9-12H2,1-3H3,(H,18,21). The SMILES string of the molecule is CCCN(CCC)C(=S)NCCc1ccc(O)c(CC)c1.